The Balaban J connectivity index is 1.65. The first-order valence-electron chi connectivity index (χ1n) is 10.5. The number of hydrogen-bond acceptors (Lipinski definition) is 4. The van der Waals surface area contributed by atoms with Crippen molar-refractivity contribution in [1.29, 1.82) is 0 Å². The van der Waals surface area contributed by atoms with Gasteiger partial charge < -0.3 is 4.52 Å². The van der Waals surface area contributed by atoms with Crippen LogP contribution < -0.4 is 0 Å². The Morgan fingerprint density at radius 2 is 1.48 bits per heavy atom. The van der Waals surface area contributed by atoms with Gasteiger partial charge in [-0.2, -0.15) is 0 Å². The second kappa shape index (κ2) is 8.09. The van der Waals surface area contributed by atoms with Gasteiger partial charge in [0.15, 0.2) is 5.85 Å². The van der Waals surface area contributed by atoms with Crippen molar-refractivity contribution >= 4 is 16.1 Å². The molecule has 142 valence electrons. The highest BCUT2D eigenvalue weighted by atomic mass is 31.2. The summed E-state index contributed by atoms with van der Waals surface area (Å²) in [6, 6.07) is 0. The number of fused-ring (bicyclic) bond motifs is 3. The third-order valence-electron chi connectivity index (χ3n) is 7.41. The van der Waals surface area contributed by atoms with E-state index in [1.54, 1.807) is 0 Å². The molecule has 1 aliphatic heterocycles. The Morgan fingerprint density at radius 1 is 0.840 bits per heavy atom. The summed E-state index contributed by atoms with van der Waals surface area (Å²) in [5.41, 5.74) is 0.147. The summed E-state index contributed by atoms with van der Waals surface area (Å²) in [6.45, 7) is 0. The lowest BCUT2D eigenvalue weighted by molar-refractivity contribution is 0.00529. The lowest BCUT2D eigenvalue weighted by Gasteiger charge is -2.53. The van der Waals surface area contributed by atoms with Crippen LogP contribution in [-0.4, -0.2) is 17.6 Å². The summed E-state index contributed by atoms with van der Waals surface area (Å²) in [4.78, 5) is 0. The summed E-state index contributed by atoms with van der Waals surface area (Å²) in [7, 11) is -3.29. The van der Waals surface area contributed by atoms with Gasteiger partial charge in [-0.15, -0.1) is 0 Å². The molecule has 25 heavy (non-hydrogen) atoms. The third-order valence-corrected chi connectivity index (χ3v) is 11.3. The summed E-state index contributed by atoms with van der Waals surface area (Å²) in [5, 5.41) is 0. The van der Waals surface area contributed by atoms with Crippen LogP contribution in [0, 0.1) is 17.8 Å². The lowest BCUT2D eigenvalue weighted by atomic mass is 9.71. The van der Waals surface area contributed by atoms with Gasteiger partial charge in [0.2, 0.25) is 7.37 Å². The molecule has 6 heteroatoms. The molecule has 1 saturated heterocycles. The van der Waals surface area contributed by atoms with Crippen LogP contribution in [0.3, 0.4) is 0 Å². The van der Waals surface area contributed by atoms with Gasteiger partial charge in [-0.3, -0.25) is 9.09 Å². The molecule has 4 nitrogen and oxygen atoms in total. The molecule has 0 aromatic carbocycles. The van der Waals surface area contributed by atoms with Crippen molar-refractivity contribution in [3.05, 3.63) is 0 Å². The quantitative estimate of drug-likeness (QED) is 0.515. The minimum Gasteiger partial charge on any atom is -0.323 e. The maximum absolute atomic E-state index is 14.4. The Kier molecular flexibility index (Phi) is 6.02. The second-order valence-electron chi connectivity index (χ2n) is 8.72. The second-order valence-corrected chi connectivity index (χ2v) is 11.8. The third kappa shape index (κ3) is 3.54. The van der Waals surface area contributed by atoms with Crippen molar-refractivity contribution in [2.75, 3.05) is 0 Å². The number of rotatable bonds is 4. The fourth-order valence-corrected chi connectivity index (χ4v) is 10.9. The van der Waals surface area contributed by atoms with E-state index in [0.29, 0.717) is 11.8 Å². The molecule has 6 atom stereocenters. The summed E-state index contributed by atoms with van der Waals surface area (Å²) in [6.07, 6.45) is 15.2. The van der Waals surface area contributed by atoms with E-state index in [4.69, 9.17) is 9.05 Å². The monoisotopic (exact) mass is 386 g/mol. The molecule has 0 bridgehead atoms. The minimum absolute atomic E-state index is 0.147. The molecular weight excluding hydrogens is 354 g/mol. The van der Waals surface area contributed by atoms with Gasteiger partial charge in [-0.1, -0.05) is 44.9 Å². The van der Waals surface area contributed by atoms with E-state index in [-0.39, 0.29) is 26.4 Å². The van der Waals surface area contributed by atoms with Gasteiger partial charge >= 0.3 is 8.69 Å². The summed E-state index contributed by atoms with van der Waals surface area (Å²) < 4.78 is 37.9. The van der Waals surface area contributed by atoms with Crippen molar-refractivity contribution in [2.24, 2.45) is 17.8 Å². The van der Waals surface area contributed by atoms with Crippen molar-refractivity contribution in [2.45, 2.75) is 101 Å². The highest BCUT2D eigenvalue weighted by Gasteiger charge is 2.57. The summed E-state index contributed by atoms with van der Waals surface area (Å²) in [5.74, 6) is 0.943. The molecule has 4 fully saturated rings. The van der Waals surface area contributed by atoms with Crippen LogP contribution in [0.5, 0.6) is 0 Å². The lowest BCUT2D eigenvalue weighted by Crippen LogP contribution is -2.48. The SMILES string of the molecule is O=POC(C1CCCCC1)P1(=O)OC2CCCCC2C2CCCCC21. The molecule has 0 radical (unpaired) electrons. The molecule has 6 unspecified atom stereocenters. The van der Waals surface area contributed by atoms with E-state index < -0.39 is 13.2 Å². The normalized spacial score (nSPS) is 44.0. The fraction of sp³-hybridized carbons (Fsp3) is 1.00. The molecule has 0 N–H and O–H groups in total. The molecular formula is C19H32O4P2. The minimum atomic E-state index is -2.96. The number of hydrogen-bond donors (Lipinski definition) is 0. The first-order chi connectivity index (χ1) is 12.2. The maximum Gasteiger partial charge on any atom is 0.328 e. The van der Waals surface area contributed by atoms with Gasteiger partial charge in [-0.05, 0) is 56.3 Å². The Hall–Kier alpha value is 0.250. The molecule has 0 spiro atoms. The van der Waals surface area contributed by atoms with Crippen molar-refractivity contribution in [3.8, 4) is 0 Å². The van der Waals surface area contributed by atoms with Gasteiger partial charge in [0.25, 0.3) is 0 Å². The highest BCUT2D eigenvalue weighted by molar-refractivity contribution is 7.60. The molecule has 0 aromatic heterocycles. The van der Waals surface area contributed by atoms with E-state index >= 15 is 0 Å². The molecule has 1 heterocycles. The van der Waals surface area contributed by atoms with E-state index in [1.807, 2.05) is 0 Å². The van der Waals surface area contributed by atoms with Crippen LogP contribution >= 0.6 is 16.1 Å². The van der Waals surface area contributed by atoms with Crippen LogP contribution in [-0.2, 0) is 18.2 Å². The first-order valence-corrected chi connectivity index (χ1v) is 13.0. The van der Waals surface area contributed by atoms with Gasteiger partial charge in [0.1, 0.15) is 0 Å². The standard InChI is InChI=1S/C19H32O4P2/c20-24-22-19(14-8-2-1-3-9-14)25(21)18-13-7-5-11-16(18)15-10-4-6-12-17(15)23-25/h14-19H,1-13H2. The zero-order valence-corrected chi connectivity index (χ0v) is 17.0. The van der Waals surface area contributed by atoms with E-state index in [9.17, 15) is 9.13 Å². The largest absolute Gasteiger partial charge is 0.328 e. The van der Waals surface area contributed by atoms with Crippen LogP contribution in [0.25, 0.3) is 0 Å². The van der Waals surface area contributed by atoms with Crippen LogP contribution in [0.4, 0.5) is 0 Å². The van der Waals surface area contributed by atoms with Crippen molar-refractivity contribution in [3.63, 3.8) is 0 Å². The zero-order valence-electron chi connectivity index (χ0n) is 15.2. The molecule has 0 aromatic rings. The average Bonchev–Trinajstić information content (AvgIpc) is 2.67. The summed E-state index contributed by atoms with van der Waals surface area (Å²) >= 11 is 0. The van der Waals surface area contributed by atoms with Gasteiger partial charge in [0, 0.05) is 5.66 Å². The van der Waals surface area contributed by atoms with E-state index in [1.165, 1.54) is 51.4 Å². The maximum atomic E-state index is 14.4. The smallest absolute Gasteiger partial charge is 0.323 e. The zero-order chi connectivity index (χ0) is 17.3. The Labute approximate surface area is 153 Å². The predicted octanol–water partition coefficient (Wildman–Crippen LogP) is 6.54. The van der Waals surface area contributed by atoms with E-state index in [0.717, 1.165) is 32.1 Å². The van der Waals surface area contributed by atoms with Crippen molar-refractivity contribution in [1.82, 2.24) is 0 Å². The first kappa shape index (κ1) is 18.6. The van der Waals surface area contributed by atoms with Gasteiger partial charge in [-0.25, -0.2) is 4.57 Å². The van der Waals surface area contributed by atoms with Crippen LogP contribution in [0.15, 0.2) is 0 Å². The molecule has 4 aliphatic rings. The molecule has 4 rings (SSSR count). The van der Waals surface area contributed by atoms with Crippen LogP contribution in [0.2, 0.25) is 0 Å². The van der Waals surface area contributed by atoms with Crippen LogP contribution in [0.1, 0.15) is 83.5 Å². The Morgan fingerprint density at radius 3 is 2.24 bits per heavy atom. The van der Waals surface area contributed by atoms with Gasteiger partial charge in [0.05, 0.1) is 6.10 Å². The average molecular weight is 386 g/mol. The predicted molar refractivity (Wildman–Crippen MR) is 99.2 cm³/mol. The highest BCUT2D eigenvalue weighted by Crippen LogP contribution is 2.71. The molecule has 3 aliphatic carbocycles. The Bertz CT molecular complexity index is 520. The van der Waals surface area contributed by atoms with Crippen molar-refractivity contribution < 1.29 is 18.2 Å². The molecule has 0 amide bonds. The molecule has 3 saturated carbocycles. The topological polar surface area (TPSA) is 52.6 Å². The fourth-order valence-electron chi connectivity index (χ4n) is 6.28. The van der Waals surface area contributed by atoms with E-state index in [2.05, 4.69) is 0 Å².